The molecule has 0 bridgehead atoms. The van der Waals surface area contributed by atoms with Crippen molar-refractivity contribution in [3.8, 4) is 5.75 Å². The first kappa shape index (κ1) is 15.3. The number of anilines is 1. The van der Waals surface area contributed by atoms with Crippen molar-refractivity contribution in [2.45, 2.75) is 25.9 Å². The highest BCUT2D eigenvalue weighted by Crippen LogP contribution is 2.25. The van der Waals surface area contributed by atoms with Crippen molar-refractivity contribution >= 4 is 17.6 Å². The van der Waals surface area contributed by atoms with Crippen LogP contribution < -0.4 is 10.1 Å². The van der Waals surface area contributed by atoms with Gasteiger partial charge in [0.05, 0.1) is 12.0 Å². The number of carbonyl (C=O) groups is 2. The van der Waals surface area contributed by atoms with Gasteiger partial charge < -0.3 is 19.9 Å². The molecule has 0 spiro atoms. The molecule has 2 N–H and O–H groups in total. The van der Waals surface area contributed by atoms with E-state index in [1.807, 2.05) is 6.92 Å². The van der Waals surface area contributed by atoms with Crippen LogP contribution in [0.3, 0.4) is 0 Å². The summed E-state index contributed by atoms with van der Waals surface area (Å²) < 4.78 is 10.6. The van der Waals surface area contributed by atoms with Crippen molar-refractivity contribution in [3.63, 3.8) is 0 Å². The molecule has 0 radical (unpaired) electrons. The topological polar surface area (TPSA) is 84.9 Å². The average Bonchev–Trinajstić information content (AvgIpc) is 2.94. The van der Waals surface area contributed by atoms with Crippen LogP contribution in [0.2, 0.25) is 0 Å². The molecule has 2 atom stereocenters. The molecule has 6 nitrogen and oxygen atoms in total. The van der Waals surface area contributed by atoms with E-state index in [0.29, 0.717) is 18.0 Å². The number of carboxylic acids is 1. The van der Waals surface area contributed by atoms with Crippen LogP contribution in [-0.2, 0) is 14.3 Å². The second-order valence-corrected chi connectivity index (χ2v) is 4.91. The molecular weight excluding hydrogens is 274 g/mol. The Balaban J connectivity index is 1.97. The third-order valence-corrected chi connectivity index (χ3v) is 3.41. The molecule has 114 valence electrons. The van der Waals surface area contributed by atoms with Crippen molar-refractivity contribution in [2.75, 3.05) is 18.5 Å². The van der Waals surface area contributed by atoms with Crippen molar-refractivity contribution < 1.29 is 24.2 Å². The van der Waals surface area contributed by atoms with E-state index in [2.05, 4.69) is 5.32 Å². The molecule has 1 aromatic rings. The van der Waals surface area contributed by atoms with Crippen molar-refractivity contribution in [2.24, 2.45) is 5.92 Å². The van der Waals surface area contributed by atoms with Gasteiger partial charge >= 0.3 is 5.97 Å². The predicted molar refractivity (Wildman–Crippen MR) is 76.3 cm³/mol. The van der Waals surface area contributed by atoms with Crippen LogP contribution in [0.4, 0.5) is 5.69 Å². The van der Waals surface area contributed by atoms with Gasteiger partial charge in [-0.3, -0.25) is 4.79 Å². The van der Waals surface area contributed by atoms with E-state index in [4.69, 9.17) is 14.6 Å². The number of aliphatic carboxylic acids is 1. The van der Waals surface area contributed by atoms with Crippen molar-refractivity contribution in [1.29, 1.82) is 0 Å². The molecule has 0 aliphatic carbocycles. The lowest BCUT2D eigenvalue weighted by atomic mass is 9.98. The van der Waals surface area contributed by atoms with E-state index in [0.717, 1.165) is 12.8 Å². The summed E-state index contributed by atoms with van der Waals surface area (Å²) in [4.78, 5) is 22.7. The van der Waals surface area contributed by atoms with Gasteiger partial charge in [0.25, 0.3) is 0 Å². The minimum Gasteiger partial charge on any atom is -0.482 e. The molecule has 1 amide bonds. The van der Waals surface area contributed by atoms with Gasteiger partial charge in [-0.15, -0.1) is 0 Å². The third-order valence-electron chi connectivity index (χ3n) is 3.41. The Morgan fingerprint density at radius 3 is 3.00 bits per heavy atom. The van der Waals surface area contributed by atoms with Gasteiger partial charge in [-0.25, -0.2) is 4.79 Å². The number of amides is 1. The molecule has 21 heavy (non-hydrogen) atoms. The Morgan fingerprint density at radius 2 is 2.29 bits per heavy atom. The lowest BCUT2D eigenvalue weighted by Gasteiger charge is -2.16. The van der Waals surface area contributed by atoms with Crippen LogP contribution in [0.15, 0.2) is 24.3 Å². The average molecular weight is 293 g/mol. The van der Waals surface area contributed by atoms with Gasteiger partial charge in [0, 0.05) is 18.4 Å². The first-order valence-corrected chi connectivity index (χ1v) is 6.97. The minimum absolute atomic E-state index is 0.0311. The highest BCUT2D eigenvalue weighted by atomic mass is 16.5. The Hall–Kier alpha value is -2.08. The number of carboxylic acid groups (broad SMARTS) is 1. The second-order valence-electron chi connectivity index (χ2n) is 4.91. The SMILES string of the molecule is CCC1OCCC1C(=O)Nc1cccc(OCC(=O)O)c1. The highest BCUT2D eigenvalue weighted by Gasteiger charge is 2.32. The van der Waals surface area contributed by atoms with Gasteiger partial charge in [-0.05, 0) is 25.0 Å². The fourth-order valence-corrected chi connectivity index (χ4v) is 2.39. The summed E-state index contributed by atoms with van der Waals surface area (Å²) in [5.41, 5.74) is 0.588. The highest BCUT2D eigenvalue weighted by molar-refractivity contribution is 5.93. The van der Waals surface area contributed by atoms with Crippen molar-refractivity contribution in [1.82, 2.24) is 0 Å². The maximum atomic E-state index is 12.2. The fourth-order valence-electron chi connectivity index (χ4n) is 2.39. The summed E-state index contributed by atoms with van der Waals surface area (Å²) in [7, 11) is 0. The van der Waals surface area contributed by atoms with E-state index >= 15 is 0 Å². The Labute approximate surface area is 123 Å². The first-order valence-electron chi connectivity index (χ1n) is 6.97. The molecule has 1 fully saturated rings. The summed E-state index contributed by atoms with van der Waals surface area (Å²) in [5.74, 6) is -0.850. The molecule has 1 aromatic carbocycles. The largest absolute Gasteiger partial charge is 0.482 e. The van der Waals surface area contributed by atoms with Crippen LogP contribution in [0.25, 0.3) is 0 Å². The van der Waals surface area contributed by atoms with Crippen molar-refractivity contribution in [3.05, 3.63) is 24.3 Å². The Kier molecular flexibility index (Phi) is 5.16. The number of carbonyl (C=O) groups excluding carboxylic acids is 1. The summed E-state index contributed by atoms with van der Waals surface area (Å²) in [6.45, 7) is 2.20. The molecule has 2 rings (SSSR count). The Bertz CT molecular complexity index is 517. The molecule has 1 aliphatic rings. The zero-order valence-corrected chi connectivity index (χ0v) is 11.9. The van der Waals surface area contributed by atoms with Crippen LogP contribution in [0, 0.1) is 5.92 Å². The molecule has 1 saturated heterocycles. The van der Waals surface area contributed by atoms with Crippen LogP contribution in [-0.4, -0.2) is 36.3 Å². The van der Waals surface area contributed by atoms with E-state index in [9.17, 15) is 9.59 Å². The number of hydrogen-bond donors (Lipinski definition) is 2. The number of benzene rings is 1. The van der Waals surface area contributed by atoms with E-state index in [-0.39, 0.29) is 17.9 Å². The molecular formula is C15H19NO5. The maximum Gasteiger partial charge on any atom is 0.341 e. The summed E-state index contributed by atoms with van der Waals surface area (Å²) in [6.07, 6.45) is 1.50. The quantitative estimate of drug-likeness (QED) is 0.837. The zero-order chi connectivity index (χ0) is 15.2. The summed E-state index contributed by atoms with van der Waals surface area (Å²) in [6, 6.07) is 6.70. The summed E-state index contributed by atoms with van der Waals surface area (Å²) >= 11 is 0. The molecule has 1 aliphatic heterocycles. The number of rotatable bonds is 6. The fraction of sp³-hybridized carbons (Fsp3) is 0.467. The van der Waals surface area contributed by atoms with E-state index < -0.39 is 12.6 Å². The monoisotopic (exact) mass is 293 g/mol. The lowest BCUT2D eigenvalue weighted by Crippen LogP contribution is -2.29. The molecule has 0 saturated carbocycles. The first-order chi connectivity index (χ1) is 10.1. The van der Waals surface area contributed by atoms with Crippen LogP contribution in [0.5, 0.6) is 5.75 Å². The normalized spacial score (nSPS) is 21.0. The minimum atomic E-state index is -1.04. The molecule has 0 aromatic heterocycles. The van der Waals surface area contributed by atoms with Gasteiger partial charge in [0.1, 0.15) is 5.75 Å². The molecule has 1 heterocycles. The maximum absolute atomic E-state index is 12.2. The predicted octanol–water partition coefficient (Wildman–Crippen LogP) is 1.90. The smallest absolute Gasteiger partial charge is 0.341 e. The third kappa shape index (κ3) is 4.19. The van der Waals surface area contributed by atoms with Gasteiger partial charge in [0.2, 0.25) is 5.91 Å². The second kappa shape index (κ2) is 7.08. The number of nitrogens with one attached hydrogen (secondary N) is 1. The lowest BCUT2D eigenvalue weighted by molar-refractivity contribution is -0.139. The van der Waals surface area contributed by atoms with Gasteiger partial charge in [-0.1, -0.05) is 13.0 Å². The number of hydrogen-bond acceptors (Lipinski definition) is 4. The standard InChI is InChI=1S/C15H19NO5/c1-2-13-12(6-7-20-13)15(19)16-10-4-3-5-11(8-10)21-9-14(17)18/h3-5,8,12-13H,2,6-7,9H2,1H3,(H,16,19)(H,17,18). The van der Waals surface area contributed by atoms with E-state index in [1.54, 1.807) is 24.3 Å². The number of ether oxygens (including phenoxy) is 2. The van der Waals surface area contributed by atoms with Gasteiger partial charge in [-0.2, -0.15) is 0 Å². The van der Waals surface area contributed by atoms with Gasteiger partial charge in [0.15, 0.2) is 6.61 Å². The summed E-state index contributed by atoms with van der Waals surface area (Å²) in [5, 5.41) is 11.4. The molecule has 2 unspecified atom stereocenters. The van der Waals surface area contributed by atoms with E-state index in [1.165, 1.54) is 0 Å². The van der Waals surface area contributed by atoms with Crippen LogP contribution in [0.1, 0.15) is 19.8 Å². The molecule has 6 heteroatoms. The Morgan fingerprint density at radius 1 is 1.48 bits per heavy atom. The van der Waals surface area contributed by atoms with Crippen LogP contribution >= 0.6 is 0 Å². The zero-order valence-electron chi connectivity index (χ0n) is 11.9.